The summed E-state index contributed by atoms with van der Waals surface area (Å²) in [5, 5.41) is 12.2. The Labute approximate surface area is 217 Å². The molecule has 2 heterocycles. The molecule has 0 radical (unpaired) electrons. The molecule has 0 bridgehead atoms. The van der Waals surface area contributed by atoms with E-state index in [4.69, 9.17) is 18.9 Å². The molecule has 2 aliphatic carbocycles. The number of esters is 3. The molecule has 200 valence electrons. The molecule has 0 unspecified atom stereocenters. The summed E-state index contributed by atoms with van der Waals surface area (Å²) < 4.78 is 23.5. The maximum Gasteiger partial charge on any atom is 0.338 e. The summed E-state index contributed by atoms with van der Waals surface area (Å²) in [7, 11) is 0. The molecular weight excluding hydrogens is 476 g/mol. The topological polar surface area (TPSA) is 112 Å². The molecular formula is C29H36O8. The molecule has 2 aliphatic heterocycles. The Hall–Kier alpha value is -2.71. The number of hydrogen-bond donors (Lipinski definition) is 1. The third-order valence-corrected chi connectivity index (χ3v) is 10.00. The summed E-state index contributed by atoms with van der Waals surface area (Å²) in [4.78, 5) is 37.3. The number of carbonyl (C=O) groups is 3. The second-order valence-electron chi connectivity index (χ2n) is 11.9. The second kappa shape index (κ2) is 8.67. The van der Waals surface area contributed by atoms with Crippen molar-refractivity contribution >= 4 is 17.9 Å². The van der Waals surface area contributed by atoms with Gasteiger partial charge in [0.1, 0.15) is 24.4 Å². The maximum absolute atomic E-state index is 13.2. The van der Waals surface area contributed by atoms with Gasteiger partial charge in [-0.2, -0.15) is 0 Å². The van der Waals surface area contributed by atoms with Gasteiger partial charge in [-0.1, -0.05) is 32.0 Å². The van der Waals surface area contributed by atoms with E-state index in [1.807, 2.05) is 13.0 Å². The molecule has 1 N–H and O–H groups in total. The van der Waals surface area contributed by atoms with Crippen molar-refractivity contribution in [3.05, 3.63) is 47.5 Å². The van der Waals surface area contributed by atoms with Crippen LogP contribution < -0.4 is 0 Å². The Morgan fingerprint density at radius 2 is 1.84 bits per heavy atom. The SMILES string of the molecule is CC(=O)O[C@@H](CC1=CC(=O)OC1)[C@]1(C)[C@H]2CC[C@H]3O[C@@]3(C)[C@]2(C)[C@@H](OC(=O)c2ccccc2)C[C@]1(C)O. The second-order valence-corrected chi connectivity index (χ2v) is 11.9. The summed E-state index contributed by atoms with van der Waals surface area (Å²) in [5.74, 6) is -1.55. The first-order valence-corrected chi connectivity index (χ1v) is 13.0. The molecule has 8 heteroatoms. The molecule has 0 aromatic heterocycles. The fourth-order valence-electron chi connectivity index (χ4n) is 7.52. The van der Waals surface area contributed by atoms with Crippen molar-refractivity contribution in [2.75, 3.05) is 6.61 Å². The lowest BCUT2D eigenvalue weighted by molar-refractivity contribution is -0.265. The minimum Gasteiger partial charge on any atom is -0.462 e. The van der Waals surface area contributed by atoms with E-state index in [0.717, 1.165) is 12.0 Å². The van der Waals surface area contributed by atoms with Gasteiger partial charge in [-0.05, 0) is 50.3 Å². The van der Waals surface area contributed by atoms with Crippen LogP contribution in [0, 0.1) is 16.7 Å². The van der Waals surface area contributed by atoms with Gasteiger partial charge in [0.15, 0.2) is 0 Å². The molecule has 3 fully saturated rings. The van der Waals surface area contributed by atoms with Crippen LogP contribution in [0.15, 0.2) is 42.0 Å². The van der Waals surface area contributed by atoms with Crippen molar-refractivity contribution in [2.24, 2.45) is 16.7 Å². The number of fused-ring (bicyclic) bond motifs is 3. The largest absolute Gasteiger partial charge is 0.462 e. The van der Waals surface area contributed by atoms with Gasteiger partial charge in [0.2, 0.25) is 0 Å². The Balaban J connectivity index is 1.56. The normalized spacial score (nSPS) is 41.0. The van der Waals surface area contributed by atoms with Crippen LogP contribution in [-0.4, -0.2) is 59.1 Å². The first-order valence-electron chi connectivity index (χ1n) is 13.0. The number of benzene rings is 1. The number of epoxide rings is 1. The molecule has 1 aromatic rings. The molecule has 37 heavy (non-hydrogen) atoms. The van der Waals surface area contributed by atoms with Crippen molar-refractivity contribution in [2.45, 2.75) is 89.8 Å². The standard InChI is InChI=1S/C29H36O8/c1-17(30)35-22(13-18-14-24(31)34-16-18)27(3)20-11-12-21-29(5,37-21)28(20,4)23(15-26(27,2)33)36-25(32)19-9-7-6-8-10-19/h6-10,14,20-23,33H,11-13,15-16H2,1-5H3/t20-,21-,22+,23+,26+,27+,28+,29-/m1/s1. The van der Waals surface area contributed by atoms with Crippen LogP contribution in [0.5, 0.6) is 0 Å². The van der Waals surface area contributed by atoms with Gasteiger partial charge in [-0.25, -0.2) is 9.59 Å². The lowest BCUT2D eigenvalue weighted by Crippen LogP contribution is -2.72. The van der Waals surface area contributed by atoms with Crippen LogP contribution in [0.25, 0.3) is 0 Å². The van der Waals surface area contributed by atoms with Crippen molar-refractivity contribution in [3.63, 3.8) is 0 Å². The molecule has 0 amide bonds. The fourth-order valence-corrected chi connectivity index (χ4v) is 7.52. The molecule has 2 saturated carbocycles. The monoisotopic (exact) mass is 512 g/mol. The Morgan fingerprint density at radius 3 is 2.46 bits per heavy atom. The van der Waals surface area contributed by atoms with Gasteiger partial charge in [-0.15, -0.1) is 0 Å². The summed E-state index contributed by atoms with van der Waals surface area (Å²) in [6.45, 7) is 9.32. The van der Waals surface area contributed by atoms with Gasteiger partial charge in [0, 0.05) is 36.7 Å². The number of aliphatic hydroxyl groups is 1. The predicted molar refractivity (Wildman–Crippen MR) is 132 cm³/mol. The number of ether oxygens (including phenoxy) is 4. The van der Waals surface area contributed by atoms with Crippen LogP contribution >= 0.6 is 0 Å². The van der Waals surface area contributed by atoms with E-state index in [1.165, 1.54) is 13.0 Å². The molecule has 5 rings (SSSR count). The van der Waals surface area contributed by atoms with Crippen LogP contribution in [0.1, 0.15) is 70.7 Å². The first kappa shape index (κ1) is 25.9. The average molecular weight is 513 g/mol. The van der Waals surface area contributed by atoms with E-state index in [2.05, 4.69) is 13.8 Å². The molecule has 4 aliphatic rings. The molecule has 0 spiro atoms. The van der Waals surface area contributed by atoms with E-state index in [-0.39, 0.29) is 31.5 Å². The minimum atomic E-state index is -1.37. The smallest absolute Gasteiger partial charge is 0.338 e. The highest BCUT2D eigenvalue weighted by Gasteiger charge is 2.78. The van der Waals surface area contributed by atoms with Gasteiger partial charge in [0.25, 0.3) is 0 Å². The number of hydrogen-bond acceptors (Lipinski definition) is 8. The summed E-state index contributed by atoms with van der Waals surface area (Å²) in [6, 6.07) is 8.83. The highest BCUT2D eigenvalue weighted by molar-refractivity contribution is 5.89. The quantitative estimate of drug-likeness (QED) is 0.349. The van der Waals surface area contributed by atoms with E-state index in [0.29, 0.717) is 12.0 Å². The number of rotatable bonds is 6. The lowest BCUT2D eigenvalue weighted by atomic mass is 9.41. The van der Waals surface area contributed by atoms with Gasteiger partial charge in [0.05, 0.1) is 17.3 Å². The van der Waals surface area contributed by atoms with Crippen molar-refractivity contribution in [1.29, 1.82) is 0 Å². The molecule has 1 saturated heterocycles. The Kier molecular flexibility index (Phi) is 6.07. The van der Waals surface area contributed by atoms with Crippen LogP contribution in [0.2, 0.25) is 0 Å². The van der Waals surface area contributed by atoms with Crippen molar-refractivity contribution in [1.82, 2.24) is 0 Å². The third-order valence-electron chi connectivity index (χ3n) is 10.00. The average Bonchev–Trinajstić information content (AvgIpc) is 3.37. The minimum absolute atomic E-state index is 0.0368. The van der Waals surface area contributed by atoms with E-state index < -0.39 is 52.1 Å². The lowest BCUT2D eigenvalue weighted by Gasteiger charge is -2.65. The molecule has 8 atom stereocenters. The number of carbonyl (C=O) groups excluding carboxylic acids is 3. The molecule has 1 aromatic carbocycles. The van der Waals surface area contributed by atoms with E-state index in [1.54, 1.807) is 31.2 Å². The van der Waals surface area contributed by atoms with Gasteiger partial charge in [-0.3, -0.25) is 4.79 Å². The number of cyclic esters (lactones) is 1. The van der Waals surface area contributed by atoms with Gasteiger partial charge >= 0.3 is 17.9 Å². The summed E-state index contributed by atoms with van der Waals surface area (Å²) in [5.41, 5.74) is -2.36. The predicted octanol–water partition coefficient (Wildman–Crippen LogP) is 3.75. The van der Waals surface area contributed by atoms with Crippen molar-refractivity contribution < 1.29 is 38.4 Å². The zero-order valence-corrected chi connectivity index (χ0v) is 22.1. The third kappa shape index (κ3) is 3.91. The maximum atomic E-state index is 13.2. The van der Waals surface area contributed by atoms with E-state index >= 15 is 0 Å². The highest BCUT2D eigenvalue weighted by atomic mass is 16.6. The van der Waals surface area contributed by atoms with Crippen LogP contribution in [0.4, 0.5) is 0 Å². The summed E-state index contributed by atoms with van der Waals surface area (Å²) >= 11 is 0. The fraction of sp³-hybridized carbons (Fsp3) is 0.621. The molecule has 8 nitrogen and oxygen atoms in total. The van der Waals surface area contributed by atoms with Crippen LogP contribution in [-0.2, 0) is 28.5 Å². The van der Waals surface area contributed by atoms with Gasteiger partial charge < -0.3 is 24.1 Å². The summed E-state index contributed by atoms with van der Waals surface area (Å²) in [6.07, 6.45) is 2.02. The zero-order chi connectivity index (χ0) is 26.8. The zero-order valence-electron chi connectivity index (χ0n) is 22.1. The Bertz CT molecular complexity index is 1140. The first-order chi connectivity index (χ1) is 17.3. The van der Waals surface area contributed by atoms with Crippen LogP contribution in [0.3, 0.4) is 0 Å². The van der Waals surface area contributed by atoms with Crippen molar-refractivity contribution in [3.8, 4) is 0 Å². The Morgan fingerprint density at radius 1 is 1.14 bits per heavy atom. The highest BCUT2D eigenvalue weighted by Crippen LogP contribution is 2.71. The van der Waals surface area contributed by atoms with E-state index in [9.17, 15) is 19.5 Å².